The van der Waals surface area contributed by atoms with Gasteiger partial charge in [-0.3, -0.25) is 9.36 Å². The summed E-state index contributed by atoms with van der Waals surface area (Å²) in [4.78, 5) is 0. The molecule has 0 radical (unpaired) electrons. The molecule has 2 rings (SSSR count). The fourth-order valence-corrected chi connectivity index (χ4v) is 1.90. The van der Waals surface area contributed by atoms with Crippen molar-refractivity contribution in [3.8, 4) is 6.07 Å². The molecule has 0 amide bonds. The molecule has 0 aliphatic carbocycles. The predicted octanol–water partition coefficient (Wildman–Crippen LogP) is 0.988. The molecule has 0 fully saturated rings. The molecule has 94 valence electrons. The van der Waals surface area contributed by atoms with E-state index in [4.69, 9.17) is 5.26 Å². The van der Waals surface area contributed by atoms with E-state index in [-0.39, 0.29) is 0 Å². The third-order valence-corrected chi connectivity index (χ3v) is 2.78. The number of nitrogens with zero attached hydrogens (tertiary/aromatic N) is 5. The Balaban J connectivity index is 2.01. The molecular formula is C12H16N6. The molecule has 6 nitrogen and oxygen atoms in total. The Morgan fingerprint density at radius 3 is 2.78 bits per heavy atom. The molecule has 0 atom stereocenters. The summed E-state index contributed by atoms with van der Waals surface area (Å²) in [5, 5.41) is 20.8. The maximum absolute atomic E-state index is 9.07. The van der Waals surface area contributed by atoms with Gasteiger partial charge in [0.15, 0.2) is 0 Å². The van der Waals surface area contributed by atoms with E-state index < -0.39 is 0 Å². The molecule has 0 aliphatic rings. The number of hydrogen-bond acceptors (Lipinski definition) is 4. The van der Waals surface area contributed by atoms with Crippen LogP contribution in [0.1, 0.15) is 17.0 Å². The Bertz CT molecular complexity index is 586. The van der Waals surface area contributed by atoms with E-state index in [1.54, 1.807) is 9.36 Å². The standard InChI is InChI=1S/C12H16N6/c1-9-11(8-13)12(18(3)15-9)14-6-4-10-5-7-17(2)16-10/h5,7,14H,4,6H2,1-3H3. The van der Waals surface area contributed by atoms with Gasteiger partial charge in [-0.05, 0) is 13.0 Å². The van der Waals surface area contributed by atoms with Crippen molar-refractivity contribution in [2.45, 2.75) is 13.3 Å². The smallest absolute Gasteiger partial charge is 0.142 e. The summed E-state index contributed by atoms with van der Waals surface area (Å²) < 4.78 is 3.48. The Kier molecular flexibility index (Phi) is 3.33. The monoisotopic (exact) mass is 244 g/mol. The van der Waals surface area contributed by atoms with Gasteiger partial charge in [-0.2, -0.15) is 15.5 Å². The zero-order valence-corrected chi connectivity index (χ0v) is 10.8. The third kappa shape index (κ3) is 2.35. The van der Waals surface area contributed by atoms with Gasteiger partial charge in [0.25, 0.3) is 0 Å². The van der Waals surface area contributed by atoms with Crippen molar-refractivity contribution in [3.05, 3.63) is 29.2 Å². The summed E-state index contributed by atoms with van der Waals surface area (Å²) in [5.74, 6) is 0.769. The van der Waals surface area contributed by atoms with Gasteiger partial charge in [-0.15, -0.1) is 0 Å². The van der Waals surface area contributed by atoms with Crippen LogP contribution in [0.3, 0.4) is 0 Å². The number of aryl methyl sites for hydroxylation is 3. The van der Waals surface area contributed by atoms with E-state index in [9.17, 15) is 0 Å². The second kappa shape index (κ2) is 4.92. The summed E-state index contributed by atoms with van der Waals surface area (Å²) in [6, 6.07) is 4.16. The van der Waals surface area contributed by atoms with Crippen LogP contribution in [0.25, 0.3) is 0 Å². The zero-order valence-electron chi connectivity index (χ0n) is 10.8. The van der Waals surface area contributed by atoms with Gasteiger partial charge in [0.2, 0.25) is 0 Å². The van der Waals surface area contributed by atoms with Crippen LogP contribution in [0, 0.1) is 18.3 Å². The van der Waals surface area contributed by atoms with Gasteiger partial charge in [-0.1, -0.05) is 0 Å². The van der Waals surface area contributed by atoms with Crippen LogP contribution in [-0.4, -0.2) is 26.1 Å². The van der Waals surface area contributed by atoms with E-state index in [1.165, 1.54) is 0 Å². The van der Waals surface area contributed by atoms with E-state index in [0.717, 1.165) is 30.2 Å². The zero-order chi connectivity index (χ0) is 13.1. The first kappa shape index (κ1) is 12.2. The minimum Gasteiger partial charge on any atom is -0.369 e. The second-order valence-electron chi connectivity index (χ2n) is 4.20. The Labute approximate surface area is 106 Å². The lowest BCUT2D eigenvalue weighted by molar-refractivity contribution is 0.736. The number of rotatable bonds is 4. The SMILES string of the molecule is Cc1nn(C)c(NCCc2ccn(C)n2)c1C#N. The number of nitriles is 1. The highest BCUT2D eigenvalue weighted by molar-refractivity contribution is 5.54. The molecule has 0 unspecified atom stereocenters. The van der Waals surface area contributed by atoms with Crippen molar-refractivity contribution in [2.24, 2.45) is 14.1 Å². The minimum atomic E-state index is 0.610. The maximum atomic E-state index is 9.07. The first-order chi connectivity index (χ1) is 8.61. The largest absolute Gasteiger partial charge is 0.369 e. The van der Waals surface area contributed by atoms with Crippen molar-refractivity contribution in [1.29, 1.82) is 5.26 Å². The number of anilines is 1. The van der Waals surface area contributed by atoms with E-state index in [2.05, 4.69) is 21.6 Å². The normalized spacial score (nSPS) is 10.3. The molecule has 0 aliphatic heterocycles. The fraction of sp³-hybridized carbons (Fsp3) is 0.417. The molecule has 18 heavy (non-hydrogen) atoms. The quantitative estimate of drug-likeness (QED) is 0.870. The van der Waals surface area contributed by atoms with Crippen molar-refractivity contribution >= 4 is 5.82 Å². The molecule has 0 saturated heterocycles. The first-order valence-corrected chi connectivity index (χ1v) is 5.78. The second-order valence-corrected chi connectivity index (χ2v) is 4.20. The van der Waals surface area contributed by atoms with Crippen LogP contribution in [0.15, 0.2) is 12.3 Å². The summed E-state index contributed by atoms with van der Waals surface area (Å²) in [5.41, 5.74) is 2.39. The number of nitrogens with one attached hydrogen (secondary N) is 1. The van der Waals surface area contributed by atoms with Crippen LogP contribution >= 0.6 is 0 Å². The van der Waals surface area contributed by atoms with Crippen LogP contribution in [0.4, 0.5) is 5.82 Å². The summed E-state index contributed by atoms with van der Waals surface area (Å²) in [6.07, 6.45) is 2.74. The van der Waals surface area contributed by atoms with Crippen LogP contribution in [-0.2, 0) is 20.5 Å². The first-order valence-electron chi connectivity index (χ1n) is 5.78. The molecule has 1 N–H and O–H groups in total. The van der Waals surface area contributed by atoms with Gasteiger partial charge in [-0.25, -0.2) is 0 Å². The Morgan fingerprint density at radius 1 is 1.39 bits per heavy atom. The number of aromatic nitrogens is 4. The van der Waals surface area contributed by atoms with Gasteiger partial charge in [0.05, 0.1) is 11.4 Å². The van der Waals surface area contributed by atoms with Gasteiger partial charge >= 0.3 is 0 Å². The Morgan fingerprint density at radius 2 is 2.17 bits per heavy atom. The maximum Gasteiger partial charge on any atom is 0.142 e. The summed E-state index contributed by atoms with van der Waals surface area (Å²) in [6.45, 7) is 2.56. The lowest BCUT2D eigenvalue weighted by atomic mass is 10.2. The minimum absolute atomic E-state index is 0.610. The molecule has 2 heterocycles. The average Bonchev–Trinajstić information content (AvgIpc) is 2.84. The average molecular weight is 244 g/mol. The van der Waals surface area contributed by atoms with Gasteiger partial charge in [0, 0.05) is 33.3 Å². The van der Waals surface area contributed by atoms with Gasteiger partial charge in [0.1, 0.15) is 17.5 Å². The molecule has 0 saturated carbocycles. The van der Waals surface area contributed by atoms with Crippen molar-refractivity contribution < 1.29 is 0 Å². The Hall–Kier alpha value is -2.29. The molecule has 0 bridgehead atoms. The summed E-state index contributed by atoms with van der Waals surface area (Å²) >= 11 is 0. The van der Waals surface area contributed by atoms with E-state index >= 15 is 0 Å². The molecule has 0 spiro atoms. The van der Waals surface area contributed by atoms with Gasteiger partial charge < -0.3 is 5.32 Å². The molecule has 2 aromatic heterocycles. The molecular weight excluding hydrogens is 228 g/mol. The predicted molar refractivity (Wildman–Crippen MR) is 68.1 cm³/mol. The van der Waals surface area contributed by atoms with Crippen molar-refractivity contribution in [3.63, 3.8) is 0 Å². The highest BCUT2D eigenvalue weighted by atomic mass is 15.3. The van der Waals surface area contributed by atoms with Crippen molar-refractivity contribution in [1.82, 2.24) is 19.6 Å². The topological polar surface area (TPSA) is 71.5 Å². The highest BCUT2D eigenvalue weighted by Gasteiger charge is 2.11. The number of hydrogen-bond donors (Lipinski definition) is 1. The van der Waals surface area contributed by atoms with Crippen LogP contribution in [0.2, 0.25) is 0 Å². The third-order valence-electron chi connectivity index (χ3n) is 2.78. The lowest BCUT2D eigenvalue weighted by Gasteiger charge is -2.05. The molecule has 6 heteroatoms. The van der Waals surface area contributed by atoms with E-state index in [1.807, 2.05) is 33.3 Å². The molecule has 2 aromatic rings. The van der Waals surface area contributed by atoms with E-state index in [0.29, 0.717) is 5.56 Å². The van der Waals surface area contributed by atoms with Crippen molar-refractivity contribution in [2.75, 3.05) is 11.9 Å². The fourth-order valence-electron chi connectivity index (χ4n) is 1.90. The molecule has 0 aromatic carbocycles. The van der Waals surface area contributed by atoms with Crippen LogP contribution < -0.4 is 5.32 Å². The summed E-state index contributed by atoms with van der Waals surface area (Å²) in [7, 11) is 3.73. The van der Waals surface area contributed by atoms with Crippen LogP contribution in [0.5, 0.6) is 0 Å². The highest BCUT2D eigenvalue weighted by Crippen LogP contribution is 2.16. The lowest BCUT2D eigenvalue weighted by Crippen LogP contribution is -2.10.